The summed E-state index contributed by atoms with van der Waals surface area (Å²) in [5, 5.41) is 2.72. The first kappa shape index (κ1) is 18.1. The van der Waals surface area contributed by atoms with E-state index in [-0.39, 0.29) is 5.97 Å². The minimum absolute atomic E-state index is 0.214. The Morgan fingerprint density at radius 1 is 1.08 bits per heavy atom. The van der Waals surface area contributed by atoms with Gasteiger partial charge in [-0.25, -0.2) is 0 Å². The molecule has 0 atom stereocenters. The first-order chi connectivity index (χ1) is 12.0. The first-order valence-electron chi connectivity index (χ1n) is 7.82. The minimum atomic E-state index is -0.214. The van der Waals surface area contributed by atoms with Crippen molar-refractivity contribution in [2.75, 3.05) is 7.11 Å². The summed E-state index contributed by atoms with van der Waals surface area (Å²) in [6.07, 6.45) is 1.76. The van der Waals surface area contributed by atoms with Gasteiger partial charge in [-0.05, 0) is 54.3 Å². The van der Waals surface area contributed by atoms with Crippen LogP contribution in [-0.4, -0.2) is 18.1 Å². The zero-order valence-corrected chi connectivity index (χ0v) is 15.8. The maximum Gasteiger partial charge on any atom is 0.305 e. The molecule has 0 amide bonds. The van der Waals surface area contributed by atoms with Crippen molar-refractivity contribution in [1.82, 2.24) is 4.98 Å². The molecule has 1 heterocycles. The van der Waals surface area contributed by atoms with Crippen LogP contribution >= 0.6 is 34.8 Å². The van der Waals surface area contributed by atoms with E-state index in [1.807, 2.05) is 30.3 Å². The summed E-state index contributed by atoms with van der Waals surface area (Å²) in [6.45, 7) is 0. The molecule has 3 nitrogen and oxygen atoms in total. The third kappa shape index (κ3) is 3.95. The molecule has 3 aromatic rings. The van der Waals surface area contributed by atoms with Crippen LogP contribution in [0.2, 0.25) is 15.1 Å². The lowest BCUT2D eigenvalue weighted by atomic mass is 10.0. The van der Waals surface area contributed by atoms with Crippen molar-refractivity contribution in [2.24, 2.45) is 0 Å². The highest BCUT2D eigenvalue weighted by Gasteiger charge is 2.15. The van der Waals surface area contributed by atoms with E-state index in [4.69, 9.17) is 39.5 Å². The van der Waals surface area contributed by atoms with E-state index < -0.39 is 0 Å². The van der Waals surface area contributed by atoms with Crippen molar-refractivity contribution in [2.45, 2.75) is 19.3 Å². The summed E-state index contributed by atoms with van der Waals surface area (Å²) in [7, 11) is 1.40. The maximum atomic E-state index is 11.4. The Balaban J connectivity index is 2.05. The highest BCUT2D eigenvalue weighted by Crippen LogP contribution is 2.35. The molecule has 0 saturated carbocycles. The number of methoxy groups -OCH3 is 1. The molecule has 0 fully saturated rings. The van der Waals surface area contributed by atoms with Gasteiger partial charge in [-0.15, -0.1) is 0 Å². The first-order valence-corrected chi connectivity index (χ1v) is 8.95. The van der Waals surface area contributed by atoms with Crippen LogP contribution in [0.3, 0.4) is 0 Å². The van der Waals surface area contributed by atoms with Gasteiger partial charge < -0.3 is 9.72 Å². The summed E-state index contributed by atoms with van der Waals surface area (Å²) >= 11 is 18.4. The Labute approximate surface area is 160 Å². The molecule has 0 saturated heterocycles. The van der Waals surface area contributed by atoms with Gasteiger partial charge in [0.2, 0.25) is 0 Å². The van der Waals surface area contributed by atoms with Crippen LogP contribution in [0.15, 0.2) is 36.4 Å². The second-order valence-corrected chi connectivity index (χ2v) is 6.98. The van der Waals surface area contributed by atoms with Crippen LogP contribution in [-0.2, 0) is 16.0 Å². The summed E-state index contributed by atoms with van der Waals surface area (Å²) in [4.78, 5) is 14.8. The Morgan fingerprint density at radius 2 is 1.88 bits per heavy atom. The average molecular weight is 397 g/mol. The molecular formula is C19H16Cl3NO2. The molecule has 1 N–H and O–H groups in total. The molecule has 3 rings (SSSR count). The van der Waals surface area contributed by atoms with Crippen LogP contribution in [0.25, 0.3) is 22.2 Å². The highest BCUT2D eigenvalue weighted by molar-refractivity contribution is 6.42. The Morgan fingerprint density at radius 3 is 2.60 bits per heavy atom. The fourth-order valence-electron chi connectivity index (χ4n) is 2.89. The number of carbonyl (C=O) groups excluding carboxylic acids is 1. The van der Waals surface area contributed by atoms with E-state index in [2.05, 4.69) is 4.98 Å². The number of aryl methyl sites for hydroxylation is 1. The molecule has 0 unspecified atom stereocenters. The second-order valence-electron chi connectivity index (χ2n) is 5.73. The summed E-state index contributed by atoms with van der Waals surface area (Å²) < 4.78 is 4.72. The van der Waals surface area contributed by atoms with Gasteiger partial charge in [0.1, 0.15) is 0 Å². The molecule has 0 bridgehead atoms. The number of benzene rings is 2. The van der Waals surface area contributed by atoms with Gasteiger partial charge in [0, 0.05) is 28.0 Å². The topological polar surface area (TPSA) is 42.1 Å². The van der Waals surface area contributed by atoms with Crippen molar-refractivity contribution < 1.29 is 9.53 Å². The fourth-order valence-corrected chi connectivity index (χ4v) is 3.36. The number of aromatic nitrogens is 1. The van der Waals surface area contributed by atoms with E-state index in [1.165, 1.54) is 7.11 Å². The van der Waals surface area contributed by atoms with Gasteiger partial charge >= 0.3 is 5.97 Å². The number of esters is 1. The Bertz CT molecular complexity index is 934. The molecule has 25 heavy (non-hydrogen) atoms. The van der Waals surface area contributed by atoms with Crippen molar-refractivity contribution >= 4 is 51.7 Å². The van der Waals surface area contributed by atoms with E-state index in [1.54, 1.807) is 6.07 Å². The number of hydrogen-bond donors (Lipinski definition) is 1. The smallest absolute Gasteiger partial charge is 0.305 e. The normalized spacial score (nSPS) is 11.0. The van der Waals surface area contributed by atoms with Crippen molar-refractivity contribution in [3.63, 3.8) is 0 Å². The van der Waals surface area contributed by atoms with Gasteiger partial charge in [-0.3, -0.25) is 4.79 Å². The van der Waals surface area contributed by atoms with E-state index >= 15 is 0 Å². The highest BCUT2D eigenvalue weighted by atomic mass is 35.5. The van der Waals surface area contributed by atoms with E-state index in [9.17, 15) is 4.79 Å². The molecule has 0 aliphatic rings. The largest absolute Gasteiger partial charge is 0.469 e. The summed E-state index contributed by atoms with van der Waals surface area (Å²) in [6, 6.07) is 11.3. The third-order valence-corrected chi connectivity index (χ3v) is 5.09. The minimum Gasteiger partial charge on any atom is -0.469 e. The zero-order valence-electron chi connectivity index (χ0n) is 13.5. The molecule has 0 aliphatic heterocycles. The molecule has 1 aromatic heterocycles. The van der Waals surface area contributed by atoms with Crippen LogP contribution in [0.5, 0.6) is 0 Å². The number of H-pyrrole nitrogens is 1. The van der Waals surface area contributed by atoms with Gasteiger partial charge in [-0.2, -0.15) is 0 Å². The Kier molecular flexibility index (Phi) is 5.57. The quantitative estimate of drug-likeness (QED) is 0.515. The summed E-state index contributed by atoms with van der Waals surface area (Å²) in [5.74, 6) is -0.214. The fraction of sp³-hybridized carbons (Fsp3) is 0.211. The van der Waals surface area contributed by atoms with Crippen molar-refractivity contribution in [3.05, 3.63) is 57.0 Å². The van der Waals surface area contributed by atoms with Crippen LogP contribution in [0.4, 0.5) is 0 Å². The van der Waals surface area contributed by atoms with Crippen LogP contribution in [0.1, 0.15) is 18.4 Å². The molecule has 0 spiro atoms. The number of nitrogens with one attached hydrogen (secondary N) is 1. The lowest BCUT2D eigenvalue weighted by Crippen LogP contribution is -2.00. The van der Waals surface area contributed by atoms with Gasteiger partial charge in [-0.1, -0.05) is 40.9 Å². The third-order valence-electron chi connectivity index (χ3n) is 4.11. The lowest BCUT2D eigenvalue weighted by molar-refractivity contribution is -0.140. The van der Waals surface area contributed by atoms with Crippen LogP contribution < -0.4 is 0 Å². The monoisotopic (exact) mass is 395 g/mol. The van der Waals surface area contributed by atoms with E-state index in [0.717, 1.165) is 27.7 Å². The van der Waals surface area contributed by atoms with E-state index in [0.29, 0.717) is 34.3 Å². The number of fused-ring (bicyclic) bond motifs is 1. The van der Waals surface area contributed by atoms with Gasteiger partial charge in [0.05, 0.1) is 17.2 Å². The molecule has 2 aromatic carbocycles. The molecule has 6 heteroatoms. The predicted molar refractivity (Wildman–Crippen MR) is 104 cm³/mol. The number of rotatable bonds is 5. The average Bonchev–Trinajstić information content (AvgIpc) is 2.95. The SMILES string of the molecule is COC(=O)CCCc1c(-c2ccc(Cl)c(Cl)c2)[nH]c2ccc(Cl)cc12. The lowest BCUT2D eigenvalue weighted by Gasteiger charge is -2.07. The van der Waals surface area contributed by atoms with Gasteiger partial charge in [0.25, 0.3) is 0 Å². The van der Waals surface area contributed by atoms with Crippen molar-refractivity contribution in [1.29, 1.82) is 0 Å². The Hall–Kier alpha value is -1.68. The van der Waals surface area contributed by atoms with Crippen molar-refractivity contribution in [3.8, 4) is 11.3 Å². The maximum absolute atomic E-state index is 11.4. The summed E-state index contributed by atoms with van der Waals surface area (Å²) in [5.41, 5.74) is 3.98. The number of ether oxygens (including phenoxy) is 1. The number of carbonyl (C=O) groups is 1. The standard InChI is InChI=1S/C19H16Cl3NO2/c1-25-18(24)4-2-3-13-14-10-12(20)6-8-17(14)23-19(13)11-5-7-15(21)16(22)9-11/h5-10,23H,2-4H2,1H3. The predicted octanol–water partition coefficient (Wildman–Crippen LogP) is 6.29. The zero-order chi connectivity index (χ0) is 18.0. The second kappa shape index (κ2) is 7.69. The molecule has 130 valence electrons. The molecule has 0 aliphatic carbocycles. The van der Waals surface area contributed by atoms with Gasteiger partial charge in [0.15, 0.2) is 0 Å². The number of hydrogen-bond acceptors (Lipinski definition) is 2. The molecular weight excluding hydrogens is 381 g/mol. The number of aromatic amines is 1. The number of halogens is 3. The molecule has 0 radical (unpaired) electrons. The van der Waals surface area contributed by atoms with Crippen LogP contribution in [0, 0.1) is 0 Å².